The van der Waals surface area contributed by atoms with Crippen molar-refractivity contribution < 1.29 is 29.6 Å². The molecule has 0 unspecified atom stereocenters. The Balaban J connectivity index is 0. The largest absolute Gasteiger partial charge is 1.00 e. The normalized spacial score (nSPS) is 7.00. The van der Waals surface area contributed by atoms with Gasteiger partial charge in [-0.2, -0.15) is 0 Å². The molecule has 0 amide bonds. The van der Waals surface area contributed by atoms with E-state index in [2.05, 4.69) is 5.32 Å². The van der Waals surface area contributed by atoms with E-state index < -0.39 is 0 Å². The third kappa shape index (κ3) is 8.87. The van der Waals surface area contributed by atoms with Crippen LogP contribution in [0.3, 0.4) is 0 Å². The van der Waals surface area contributed by atoms with Gasteiger partial charge in [0.25, 0.3) is 0 Å². The second-order valence-corrected chi connectivity index (χ2v) is 0.854. The summed E-state index contributed by atoms with van der Waals surface area (Å²) < 4.78 is 0. The molecule has 0 rings (SSSR count). The van der Waals surface area contributed by atoms with E-state index in [9.17, 15) is 0 Å². The van der Waals surface area contributed by atoms with E-state index in [1.54, 1.807) is 0 Å². The van der Waals surface area contributed by atoms with E-state index in [1.165, 1.54) is 0 Å². The fourth-order valence-electron chi connectivity index (χ4n) is 0.125. The van der Waals surface area contributed by atoms with Crippen molar-refractivity contribution in [2.24, 2.45) is 0 Å². The van der Waals surface area contributed by atoms with E-state index in [-0.39, 0.29) is 29.6 Å². The minimum Gasteiger partial charge on any atom is -0.676 e. The van der Waals surface area contributed by atoms with Crippen LogP contribution in [0.2, 0.25) is 0 Å². The van der Waals surface area contributed by atoms with Crippen molar-refractivity contribution >= 4 is 0 Å². The maximum absolute atomic E-state index is 6.54. The van der Waals surface area contributed by atoms with Crippen molar-refractivity contribution in [3.63, 3.8) is 0 Å². The van der Waals surface area contributed by atoms with Crippen molar-refractivity contribution in [1.29, 1.82) is 0 Å². The third-order valence-corrected chi connectivity index (χ3v) is 0.375. The number of rotatable bonds is 2. The van der Waals surface area contributed by atoms with Crippen molar-refractivity contribution in [3.05, 3.63) is 5.73 Å². The second kappa shape index (κ2) is 9.33. The van der Waals surface area contributed by atoms with Gasteiger partial charge in [-0.1, -0.05) is 0 Å². The smallest absolute Gasteiger partial charge is 0.676 e. The summed E-state index contributed by atoms with van der Waals surface area (Å²) >= 11 is 0. The van der Waals surface area contributed by atoms with Gasteiger partial charge in [0.1, 0.15) is 0 Å². The first-order valence-electron chi connectivity index (χ1n) is 1.71. The number of likely N-dealkylation sites (N-methyl/N-ethyl adjacent to an activating group) is 1. The standard InChI is InChI=1S/C3H9N2.Na/c1-5-3-2-4;/h4-5H,2-3H2,1H3;/q-1;+1. The summed E-state index contributed by atoms with van der Waals surface area (Å²) in [5.41, 5.74) is 6.54. The molecule has 0 aromatic carbocycles. The van der Waals surface area contributed by atoms with Gasteiger partial charge in [0, 0.05) is 0 Å². The Bertz CT molecular complexity index is 16.3. The molecule has 0 aliphatic heterocycles. The topological polar surface area (TPSA) is 35.8 Å². The van der Waals surface area contributed by atoms with Gasteiger partial charge in [0.2, 0.25) is 0 Å². The van der Waals surface area contributed by atoms with Gasteiger partial charge in [-0.15, -0.1) is 6.54 Å². The Morgan fingerprint density at radius 2 is 2.17 bits per heavy atom. The monoisotopic (exact) mass is 96.1 g/mol. The zero-order chi connectivity index (χ0) is 4.12. The Kier molecular flexibility index (Phi) is 15.6. The minimum atomic E-state index is 0. The first-order chi connectivity index (χ1) is 2.41. The fourth-order valence-corrected chi connectivity index (χ4v) is 0.125. The molecule has 3 heteroatoms. The van der Waals surface area contributed by atoms with Crippen molar-refractivity contribution in [2.75, 3.05) is 20.1 Å². The summed E-state index contributed by atoms with van der Waals surface area (Å²) in [5, 5.41) is 2.83. The van der Waals surface area contributed by atoms with E-state index in [0.717, 1.165) is 6.54 Å². The van der Waals surface area contributed by atoms with E-state index >= 15 is 0 Å². The van der Waals surface area contributed by atoms with Crippen LogP contribution >= 0.6 is 0 Å². The second-order valence-electron chi connectivity index (χ2n) is 0.854. The molecule has 0 bridgehead atoms. The summed E-state index contributed by atoms with van der Waals surface area (Å²) in [7, 11) is 1.84. The SMILES string of the molecule is CNCC[NH-].[Na+]. The number of hydrogen-bond acceptors (Lipinski definition) is 1. The maximum Gasteiger partial charge on any atom is 1.00 e. The molecular formula is C3H9N2Na. The molecule has 6 heavy (non-hydrogen) atoms. The van der Waals surface area contributed by atoms with Crippen molar-refractivity contribution in [3.8, 4) is 0 Å². The molecule has 0 radical (unpaired) electrons. The molecule has 0 aromatic rings. The van der Waals surface area contributed by atoms with Crippen molar-refractivity contribution in [1.82, 2.24) is 5.32 Å². The minimum absolute atomic E-state index is 0. The summed E-state index contributed by atoms with van der Waals surface area (Å²) in [6.45, 7) is 1.29. The summed E-state index contributed by atoms with van der Waals surface area (Å²) in [6.07, 6.45) is 0. The van der Waals surface area contributed by atoms with Crippen LogP contribution in [0.4, 0.5) is 0 Å². The van der Waals surface area contributed by atoms with E-state index in [4.69, 9.17) is 5.73 Å². The summed E-state index contributed by atoms with van der Waals surface area (Å²) in [4.78, 5) is 0. The van der Waals surface area contributed by atoms with Gasteiger partial charge in [-0.25, -0.2) is 0 Å². The first kappa shape index (κ1) is 10.0. The average molecular weight is 96.1 g/mol. The number of nitrogens with one attached hydrogen (secondary N) is 2. The van der Waals surface area contributed by atoms with Gasteiger partial charge >= 0.3 is 29.6 Å². The van der Waals surface area contributed by atoms with Gasteiger partial charge in [0.05, 0.1) is 0 Å². The molecule has 0 aromatic heterocycles. The molecule has 2 N–H and O–H groups in total. The predicted molar refractivity (Wildman–Crippen MR) is 23.1 cm³/mol. The van der Waals surface area contributed by atoms with E-state index in [0.29, 0.717) is 6.54 Å². The molecule has 0 heterocycles. The Labute approximate surface area is 60.8 Å². The third-order valence-electron chi connectivity index (χ3n) is 0.375. The molecular weight excluding hydrogens is 87.0 g/mol. The zero-order valence-electron chi connectivity index (χ0n) is 4.41. The van der Waals surface area contributed by atoms with Crippen molar-refractivity contribution in [2.45, 2.75) is 0 Å². The maximum atomic E-state index is 6.54. The van der Waals surface area contributed by atoms with Crippen LogP contribution in [0.15, 0.2) is 0 Å². The summed E-state index contributed by atoms with van der Waals surface area (Å²) in [6, 6.07) is 0. The molecule has 2 nitrogen and oxygen atoms in total. The molecule has 0 spiro atoms. The van der Waals surface area contributed by atoms with Gasteiger partial charge < -0.3 is 11.1 Å². The number of hydrogen-bond donors (Lipinski definition) is 1. The average Bonchev–Trinajstić information content (AvgIpc) is 1.41. The Morgan fingerprint density at radius 3 is 2.17 bits per heavy atom. The molecule has 32 valence electrons. The van der Waals surface area contributed by atoms with Crippen LogP contribution in [0.1, 0.15) is 0 Å². The van der Waals surface area contributed by atoms with Crippen LogP contribution in [0.25, 0.3) is 5.73 Å². The first-order valence-corrected chi connectivity index (χ1v) is 1.71. The van der Waals surface area contributed by atoms with Gasteiger partial charge in [0.15, 0.2) is 0 Å². The van der Waals surface area contributed by atoms with Crippen LogP contribution in [0.5, 0.6) is 0 Å². The van der Waals surface area contributed by atoms with Crippen LogP contribution in [-0.4, -0.2) is 20.1 Å². The van der Waals surface area contributed by atoms with E-state index in [1.807, 2.05) is 7.05 Å². The summed E-state index contributed by atoms with van der Waals surface area (Å²) in [5.74, 6) is 0. The molecule has 0 fully saturated rings. The molecule has 0 saturated heterocycles. The molecule has 0 aliphatic carbocycles. The molecule has 0 saturated carbocycles. The predicted octanol–water partition coefficient (Wildman–Crippen LogP) is -2.74. The van der Waals surface area contributed by atoms with Gasteiger partial charge in [-0.3, -0.25) is 0 Å². The molecule has 0 atom stereocenters. The Morgan fingerprint density at radius 1 is 1.67 bits per heavy atom. The molecule has 0 aliphatic rings. The van der Waals surface area contributed by atoms with Crippen LogP contribution in [0, 0.1) is 0 Å². The van der Waals surface area contributed by atoms with Crippen LogP contribution in [-0.2, 0) is 0 Å². The Hall–Kier alpha value is 0.920. The van der Waals surface area contributed by atoms with Crippen LogP contribution < -0.4 is 34.9 Å². The quantitative estimate of drug-likeness (QED) is 0.372. The fraction of sp³-hybridized carbons (Fsp3) is 1.00. The van der Waals surface area contributed by atoms with Gasteiger partial charge in [-0.05, 0) is 13.6 Å². The zero-order valence-corrected chi connectivity index (χ0v) is 6.41.